The first-order chi connectivity index (χ1) is 9.97. The van der Waals surface area contributed by atoms with Crippen molar-refractivity contribution in [3.63, 3.8) is 0 Å². The van der Waals surface area contributed by atoms with Crippen LogP contribution >= 0.6 is 11.3 Å². The van der Waals surface area contributed by atoms with Crippen LogP contribution in [0, 0.1) is 0 Å². The number of thiophene rings is 1. The number of hydrogen-bond acceptors (Lipinski definition) is 4. The topological polar surface area (TPSA) is 58.2 Å². The first kappa shape index (κ1) is 16.2. The zero-order valence-corrected chi connectivity index (χ0v) is 13.8. The number of sulfonamides is 1. The Balaban J connectivity index is 1.99. The van der Waals surface area contributed by atoms with Gasteiger partial charge in [0.2, 0.25) is 10.0 Å². The highest BCUT2D eigenvalue weighted by molar-refractivity contribution is 7.91. The van der Waals surface area contributed by atoms with Gasteiger partial charge in [-0.05, 0) is 22.6 Å². The van der Waals surface area contributed by atoms with Crippen LogP contribution in [0.25, 0.3) is 0 Å². The molecule has 0 aliphatic heterocycles. The van der Waals surface area contributed by atoms with E-state index >= 15 is 0 Å². The van der Waals surface area contributed by atoms with Crippen molar-refractivity contribution in [3.8, 4) is 0 Å². The van der Waals surface area contributed by atoms with Crippen LogP contribution in [0.2, 0.25) is 0 Å². The van der Waals surface area contributed by atoms with Crippen LogP contribution in [0.5, 0.6) is 0 Å². The van der Waals surface area contributed by atoms with Crippen molar-refractivity contribution in [1.29, 1.82) is 0 Å². The van der Waals surface area contributed by atoms with E-state index in [1.54, 1.807) is 6.07 Å². The molecule has 0 amide bonds. The lowest BCUT2D eigenvalue weighted by molar-refractivity contribution is 0.582. The van der Waals surface area contributed by atoms with Crippen molar-refractivity contribution >= 4 is 21.4 Å². The minimum atomic E-state index is -3.44. The number of benzene rings is 1. The van der Waals surface area contributed by atoms with Gasteiger partial charge in [-0.1, -0.05) is 44.2 Å². The molecule has 0 saturated heterocycles. The summed E-state index contributed by atoms with van der Waals surface area (Å²) in [6, 6.07) is 11.6. The van der Waals surface area contributed by atoms with Gasteiger partial charge >= 0.3 is 0 Å². The lowest BCUT2D eigenvalue weighted by Gasteiger charge is -2.06. The molecule has 114 valence electrons. The fourth-order valence-corrected chi connectivity index (χ4v) is 4.03. The molecular formula is C15H20N2O2S2. The van der Waals surface area contributed by atoms with Crippen LogP contribution in [0.15, 0.2) is 46.0 Å². The van der Waals surface area contributed by atoms with Crippen molar-refractivity contribution in [2.75, 3.05) is 0 Å². The van der Waals surface area contributed by atoms with E-state index in [4.69, 9.17) is 0 Å². The van der Waals surface area contributed by atoms with Crippen molar-refractivity contribution < 1.29 is 8.42 Å². The summed E-state index contributed by atoms with van der Waals surface area (Å²) in [5, 5.41) is 5.16. The van der Waals surface area contributed by atoms with Crippen LogP contribution in [0.4, 0.5) is 0 Å². The van der Waals surface area contributed by atoms with E-state index in [0.29, 0.717) is 23.3 Å². The fraction of sp³-hybridized carbons (Fsp3) is 0.333. The van der Waals surface area contributed by atoms with Gasteiger partial charge in [-0.3, -0.25) is 0 Å². The zero-order chi connectivity index (χ0) is 15.3. The summed E-state index contributed by atoms with van der Waals surface area (Å²) in [6.07, 6.45) is 0. The molecule has 1 heterocycles. The second-order valence-corrected chi connectivity index (χ2v) is 8.02. The first-order valence-corrected chi connectivity index (χ1v) is 9.18. The largest absolute Gasteiger partial charge is 0.310 e. The second-order valence-electron chi connectivity index (χ2n) is 5.12. The van der Waals surface area contributed by atoms with E-state index in [2.05, 4.69) is 23.9 Å². The quantitative estimate of drug-likeness (QED) is 0.823. The first-order valence-electron chi connectivity index (χ1n) is 6.82. The summed E-state index contributed by atoms with van der Waals surface area (Å²) in [7, 11) is -3.44. The summed E-state index contributed by atoms with van der Waals surface area (Å²) in [6.45, 7) is 5.11. The Morgan fingerprint density at radius 1 is 1.10 bits per heavy atom. The Bertz CT molecular complexity index is 664. The Kier molecular flexibility index (Phi) is 5.52. The molecular weight excluding hydrogens is 304 g/mol. The van der Waals surface area contributed by atoms with Crippen LogP contribution in [-0.4, -0.2) is 14.5 Å². The highest BCUT2D eigenvalue weighted by atomic mass is 32.2. The Labute approximate surface area is 130 Å². The summed E-state index contributed by atoms with van der Waals surface area (Å²) >= 11 is 1.25. The standard InChI is InChI=1S/C15H20N2O2S2/c1-12(2)16-9-14-8-15(20-11-14)21(18,19)17-10-13-6-4-3-5-7-13/h3-8,11-12,16-17H,9-10H2,1-2H3. The summed E-state index contributed by atoms with van der Waals surface area (Å²) in [5.41, 5.74) is 1.94. The van der Waals surface area contributed by atoms with Gasteiger partial charge in [-0.25, -0.2) is 13.1 Å². The number of hydrogen-bond donors (Lipinski definition) is 2. The van der Waals surface area contributed by atoms with E-state index in [1.807, 2.05) is 35.7 Å². The average Bonchev–Trinajstić information content (AvgIpc) is 2.94. The summed E-state index contributed by atoms with van der Waals surface area (Å²) < 4.78 is 27.5. The second kappa shape index (κ2) is 7.17. The molecule has 0 unspecified atom stereocenters. The Morgan fingerprint density at radius 3 is 2.48 bits per heavy atom. The van der Waals surface area contributed by atoms with Gasteiger partial charge in [-0.2, -0.15) is 0 Å². The molecule has 0 fully saturated rings. The van der Waals surface area contributed by atoms with Crippen LogP contribution in [0.1, 0.15) is 25.0 Å². The third kappa shape index (κ3) is 4.93. The monoisotopic (exact) mass is 324 g/mol. The number of rotatable bonds is 7. The molecule has 0 aliphatic rings. The number of nitrogens with one attached hydrogen (secondary N) is 2. The molecule has 0 spiro atoms. The molecule has 0 saturated carbocycles. The Hall–Kier alpha value is -1.21. The van der Waals surface area contributed by atoms with Crippen molar-refractivity contribution in [2.24, 2.45) is 0 Å². The molecule has 4 nitrogen and oxygen atoms in total. The molecule has 2 aromatic rings. The maximum atomic E-state index is 12.2. The minimum Gasteiger partial charge on any atom is -0.310 e. The van der Waals surface area contributed by atoms with Crippen LogP contribution in [-0.2, 0) is 23.1 Å². The average molecular weight is 324 g/mol. The lowest BCUT2D eigenvalue weighted by atomic mass is 10.2. The predicted molar refractivity (Wildman–Crippen MR) is 86.8 cm³/mol. The molecule has 0 atom stereocenters. The maximum Gasteiger partial charge on any atom is 0.250 e. The van der Waals surface area contributed by atoms with E-state index in [9.17, 15) is 8.42 Å². The molecule has 2 N–H and O–H groups in total. The van der Waals surface area contributed by atoms with Crippen LogP contribution in [0.3, 0.4) is 0 Å². The highest BCUT2D eigenvalue weighted by Gasteiger charge is 2.16. The normalized spacial score (nSPS) is 12.0. The summed E-state index contributed by atoms with van der Waals surface area (Å²) in [5.74, 6) is 0. The molecule has 21 heavy (non-hydrogen) atoms. The fourth-order valence-electron chi connectivity index (χ4n) is 1.75. The zero-order valence-electron chi connectivity index (χ0n) is 12.2. The highest BCUT2D eigenvalue weighted by Crippen LogP contribution is 2.20. The summed E-state index contributed by atoms with van der Waals surface area (Å²) in [4.78, 5) is 0. The van der Waals surface area contributed by atoms with Gasteiger partial charge < -0.3 is 5.32 Å². The third-order valence-corrected chi connectivity index (χ3v) is 5.81. The van der Waals surface area contributed by atoms with Gasteiger partial charge in [0, 0.05) is 19.1 Å². The van der Waals surface area contributed by atoms with E-state index < -0.39 is 10.0 Å². The van der Waals surface area contributed by atoms with E-state index in [-0.39, 0.29) is 0 Å². The Morgan fingerprint density at radius 2 is 1.81 bits per heavy atom. The van der Waals surface area contributed by atoms with Gasteiger partial charge in [0.15, 0.2) is 0 Å². The lowest BCUT2D eigenvalue weighted by Crippen LogP contribution is -2.23. The van der Waals surface area contributed by atoms with Crippen LogP contribution < -0.4 is 10.0 Å². The van der Waals surface area contributed by atoms with E-state index in [0.717, 1.165) is 11.1 Å². The SMILES string of the molecule is CC(C)NCc1csc(S(=O)(=O)NCc2ccccc2)c1. The maximum absolute atomic E-state index is 12.2. The van der Waals surface area contributed by atoms with Gasteiger partial charge in [-0.15, -0.1) is 11.3 Å². The molecule has 0 bridgehead atoms. The predicted octanol–water partition coefficient (Wildman–Crippen LogP) is 2.72. The van der Waals surface area contributed by atoms with E-state index in [1.165, 1.54) is 11.3 Å². The molecule has 0 radical (unpaired) electrons. The van der Waals surface area contributed by atoms with Gasteiger partial charge in [0.05, 0.1) is 0 Å². The van der Waals surface area contributed by atoms with Crippen molar-refractivity contribution in [1.82, 2.24) is 10.0 Å². The smallest absolute Gasteiger partial charge is 0.250 e. The molecule has 1 aromatic heterocycles. The molecule has 6 heteroatoms. The minimum absolute atomic E-state index is 0.306. The van der Waals surface area contributed by atoms with Gasteiger partial charge in [0.25, 0.3) is 0 Å². The third-order valence-electron chi connectivity index (χ3n) is 2.92. The molecule has 2 rings (SSSR count). The van der Waals surface area contributed by atoms with Crippen molar-refractivity contribution in [3.05, 3.63) is 52.9 Å². The van der Waals surface area contributed by atoms with Crippen molar-refractivity contribution in [2.45, 2.75) is 37.2 Å². The molecule has 1 aromatic carbocycles. The van der Waals surface area contributed by atoms with Gasteiger partial charge in [0.1, 0.15) is 4.21 Å². The molecule has 0 aliphatic carbocycles.